The van der Waals surface area contributed by atoms with Crippen LogP contribution >= 0.6 is 11.8 Å². The topological polar surface area (TPSA) is 6.48 Å². The van der Waals surface area contributed by atoms with Crippen LogP contribution < -0.4 is 0 Å². The van der Waals surface area contributed by atoms with Crippen LogP contribution in [-0.4, -0.2) is 48.3 Å². The Morgan fingerprint density at radius 3 is 2.25 bits per heavy atom. The van der Waals surface area contributed by atoms with Crippen molar-refractivity contribution in [3.63, 3.8) is 0 Å². The lowest BCUT2D eigenvalue weighted by Crippen LogP contribution is -2.43. The molecule has 1 aromatic carbocycles. The van der Waals surface area contributed by atoms with Crippen LogP contribution in [0.3, 0.4) is 0 Å². The molecule has 3 rings (SSSR count). The maximum absolute atomic E-state index is 2.73. The molecule has 0 aromatic heterocycles. The standard InChI is InChI=1S/C17H26N2S/c1-20-17-6-4-15(5-7-17)14-18-12-8-16(9-13-18)19-10-2-3-11-19/h4-7,16H,2-3,8-14H2,1H3. The van der Waals surface area contributed by atoms with Crippen molar-refractivity contribution in [3.8, 4) is 0 Å². The summed E-state index contributed by atoms with van der Waals surface area (Å²) in [6.45, 7) is 6.36. The molecule has 2 heterocycles. The summed E-state index contributed by atoms with van der Waals surface area (Å²) in [5.74, 6) is 0. The van der Waals surface area contributed by atoms with Gasteiger partial charge in [-0.05, 0) is 75.8 Å². The van der Waals surface area contributed by atoms with Gasteiger partial charge in [0.1, 0.15) is 0 Å². The monoisotopic (exact) mass is 290 g/mol. The molecule has 110 valence electrons. The van der Waals surface area contributed by atoms with Gasteiger partial charge in [0.05, 0.1) is 0 Å². The van der Waals surface area contributed by atoms with Crippen LogP contribution in [0.5, 0.6) is 0 Å². The van der Waals surface area contributed by atoms with Crippen molar-refractivity contribution in [2.75, 3.05) is 32.4 Å². The highest BCUT2D eigenvalue weighted by atomic mass is 32.2. The first-order chi connectivity index (χ1) is 9.85. The predicted molar refractivity (Wildman–Crippen MR) is 87.3 cm³/mol. The van der Waals surface area contributed by atoms with Gasteiger partial charge in [0.25, 0.3) is 0 Å². The second kappa shape index (κ2) is 6.97. The molecule has 20 heavy (non-hydrogen) atoms. The SMILES string of the molecule is CSc1ccc(CN2CCC(N3CCCC3)CC2)cc1. The van der Waals surface area contributed by atoms with Gasteiger partial charge < -0.3 is 4.90 Å². The molecule has 0 amide bonds. The van der Waals surface area contributed by atoms with E-state index in [1.807, 2.05) is 11.8 Å². The van der Waals surface area contributed by atoms with E-state index in [1.54, 1.807) is 0 Å². The molecule has 2 fully saturated rings. The molecule has 0 atom stereocenters. The third kappa shape index (κ3) is 3.57. The summed E-state index contributed by atoms with van der Waals surface area (Å²) in [7, 11) is 0. The van der Waals surface area contributed by atoms with Crippen LogP contribution in [0.2, 0.25) is 0 Å². The summed E-state index contributed by atoms with van der Waals surface area (Å²) in [5.41, 5.74) is 1.46. The van der Waals surface area contributed by atoms with Gasteiger partial charge in [-0.25, -0.2) is 0 Å². The third-order valence-electron chi connectivity index (χ3n) is 4.78. The van der Waals surface area contributed by atoms with E-state index in [-0.39, 0.29) is 0 Å². The van der Waals surface area contributed by atoms with Crippen molar-refractivity contribution < 1.29 is 0 Å². The van der Waals surface area contributed by atoms with Gasteiger partial charge in [0.2, 0.25) is 0 Å². The fourth-order valence-corrected chi connectivity index (χ4v) is 3.95. The highest BCUT2D eigenvalue weighted by Crippen LogP contribution is 2.22. The molecule has 3 heteroatoms. The first-order valence-corrected chi connectivity index (χ1v) is 9.17. The average molecular weight is 290 g/mol. The zero-order valence-electron chi connectivity index (χ0n) is 12.6. The van der Waals surface area contributed by atoms with E-state index < -0.39 is 0 Å². The van der Waals surface area contributed by atoms with E-state index in [0.717, 1.165) is 12.6 Å². The van der Waals surface area contributed by atoms with Gasteiger partial charge >= 0.3 is 0 Å². The molecular formula is C17H26N2S. The van der Waals surface area contributed by atoms with Gasteiger partial charge in [-0.2, -0.15) is 0 Å². The quantitative estimate of drug-likeness (QED) is 0.784. The van der Waals surface area contributed by atoms with Crippen molar-refractivity contribution in [2.24, 2.45) is 0 Å². The Hall–Kier alpha value is -0.510. The summed E-state index contributed by atoms with van der Waals surface area (Å²) in [6, 6.07) is 9.94. The fourth-order valence-electron chi connectivity index (χ4n) is 3.54. The molecule has 0 saturated carbocycles. The zero-order chi connectivity index (χ0) is 13.8. The molecule has 1 aromatic rings. The summed E-state index contributed by atoms with van der Waals surface area (Å²) in [5, 5.41) is 0. The lowest BCUT2D eigenvalue weighted by Gasteiger charge is -2.36. The van der Waals surface area contributed by atoms with E-state index in [2.05, 4.69) is 40.3 Å². The Bertz CT molecular complexity index is 404. The van der Waals surface area contributed by atoms with Gasteiger partial charge in [-0.15, -0.1) is 11.8 Å². The predicted octanol–water partition coefficient (Wildman–Crippen LogP) is 3.47. The van der Waals surface area contributed by atoms with E-state index in [0.29, 0.717) is 0 Å². The first-order valence-electron chi connectivity index (χ1n) is 7.94. The third-order valence-corrected chi connectivity index (χ3v) is 5.52. The average Bonchev–Trinajstić information content (AvgIpc) is 3.03. The first kappa shape index (κ1) is 14.4. The van der Waals surface area contributed by atoms with Crippen molar-refractivity contribution in [1.29, 1.82) is 0 Å². The number of hydrogen-bond donors (Lipinski definition) is 0. The maximum atomic E-state index is 2.73. The Labute approximate surface area is 127 Å². The molecule has 0 N–H and O–H groups in total. The van der Waals surface area contributed by atoms with Crippen LogP contribution in [0.4, 0.5) is 0 Å². The van der Waals surface area contributed by atoms with Crippen molar-refractivity contribution in [1.82, 2.24) is 9.80 Å². The Balaban J connectivity index is 1.47. The highest BCUT2D eigenvalue weighted by molar-refractivity contribution is 7.98. The van der Waals surface area contributed by atoms with Crippen molar-refractivity contribution in [2.45, 2.75) is 43.2 Å². The number of rotatable bonds is 4. The number of piperidine rings is 1. The van der Waals surface area contributed by atoms with Crippen LogP contribution in [0.1, 0.15) is 31.2 Å². The minimum atomic E-state index is 0.868. The lowest BCUT2D eigenvalue weighted by molar-refractivity contribution is 0.122. The van der Waals surface area contributed by atoms with E-state index in [1.165, 1.54) is 62.3 Å². The molecule has 2 saturated heterocycles. The molecule has 2 nitrogen and oxygen atoms in total. The second-order valence-corrected chi connectivity index (χ2v) is 6.98. The molecule has 0 radical (unpaired) electrons. The maximum Gasteiger partial charge on any atom is 0.0233 e. The van der Waals surface area contributed by atoms with Gasteiger partial charge in [0.15, 0.2) is 0 Å². The van der Waals surface area contributed by atoms with Gasteiger partial charge in [-0.1, -0.05) is 12.1 Å². The van der Waals surface area contributed by atoms with E-state index in [9.17, 15) is 0 Å². The largest absolute Gasteiger partial charge is 0.300 e. The second-order valence-electron chi connectivity index (χ2n) is 6.10. The van der Waals surface area contributed by atoms with E-state index in [4.69, 9.17) is 0 Å². The smallest absolute Gasteiger partial charge is 0.0233 e. The minimum absolute atomic E-state index is 0.868. The number of likely N-dealkylation sites (tertiary alicyclic amines) is 2. The summed E-state index contributed by atoms with van der Waals surface area (Å²) < 4.78 is 0. The normalized spacial score (nSPS) is 22.4. The molecule has 0 spiro atoms. The lowest BCUT2D eigenvalue weighted by atomic mass is 10.0. The molecular weight excluding hydrogens is 264 g/mol. The van der Waals surface area contributed by atoms with Crippen LogP contribution in [-0.2, 0) is 6.54 Å². The highest BCUT2D eigenvalue weighted by Gasteiger charge is 2.26. The van der Waals surface area contributed by atoms with Crippen LogP contribution in [0, 0.1) is 0 Å². The van der Waals surface area contributed by atoms with Crippen LogP contribution in [0.25, 0.3) is 0 Å². The summed E-state index contributed by atoms with van der Waals surface area (Å²) in [6.07, 6.45) is 7.70. The Kier molecular flexibility index (Phi) is 5.03. The Morgan fingerprint density at radius 1 is 1.00 bits per heavy atom. The van der Waals surface area contributed by atoms with Gasteiger partial charge in [-0.3, -0.25) is 4.90 Å². The zero-order valence-corrected chi connectivity index (χ0v) is 13.4. The number of thioether (sulfide) groups is 1. The fraction of sp³-hybridized carbons (Fsp3) is 0.647. The van der Waals surface area contributed by atoms with Crippen molar-refractivity contribution >= 4 is 11.8 Å². The molecule has 2 aliphatic rings. The number of nitrogens with zero attached hydrogens (tertiary/aromatic N) is 2. The van der Waals surface area contributed by atoms with Crippen LogP contribution in [0.15, 0.2) is 29.2 Å². The minimum Gasteiger partial charge on any atom is -0.300 e. The number of hydrogen-bond acceptors (Lipinski definition) is 3. The molecule has 2 aliphatic heterocycles. The molecule has 0 aliphatic carbocycles. The molecule has 0 unspecified atom stereocenters. The van der Waals surface area contributed by atoms with E-state index >= 15 is 0 Å². The summed E-state index contributed by atoms with van der Waals surface area (Å²) >= 11 is 1.82. The molecule has 0 bridgehead atoms. The van der Waals surface area contributed by atoms with Crippen molar-refractivity contribution in [3.05, 3.63) is 29.8 Å². The number of benzene rings is 1. The van der Waals surface area contributed by atoms with Gasteiger partial charge in [0, 0.05) is 17.5 Å². The Morgan fingerprint density at radius 2 is 1.65 bits per heavy atom. The summed E-state index contributed by atoms with van der Waals surface area (Å²) in [4.78, 5) is 6.71.